The lowest BCUT2D eigenvalue weighted by molar-refractivity contribution is 0.0959. The number of hydrogen-bond acceptors (Lipinski definition) is 3. The van der Waals surface area contributed by atoms with Crippen LogP contribution in [0.2, 0.25) is 0 Å². The molecule has 0 saturated carbocycles. The second kappa shape index (κ2) is 4.43. The van der Waals surface area contributed by atoms with E-state index in [9.17, 15) is 9.59 Å². The number of carbonyl (C=O) groups is 2. The largest absolute Gasteiger partial charge is 0.341 e. The standard InChI is InChI=1S/C9H7NO2S/c1-2-3-10-9(12)7-4-8(5-11)13-6-7/h1,4-6H,3H2,(H,10,12). The average Bonchev–Trinajstić information content (AvgIpc) is 2.62. The number of rotatable bonds is 3. The quantitative estimate of drug-likeness (QED) is 0.573. The Morgan fingerprint density at radius 3 is 3.08 bits per heavy atom. The Morgan fingerprint density at radius 1 is 1.77 bits per heavy atom. The van der Waals surface area contributed by atoms with E-state index in [1.54, 1.807) is 5.38 Å². The summed E-state index contributed by atoms with van der Waals surface area (Å²) in [6.07, 6.45) is 5.68. The lowest BCUT2D eigenvalue weighted by Gasteiger charge is -1.96. The summed E-state index contributed by atoms with van der Waals surface area (Å²) in [5.74, 6) is 2.04. The summed E-state index contributed by atoms with van der Waals surface area (Å²) in [6.45, 7) is 0.200. The van der Waals surface area contributed by atoms with Gasteiger partial charge in [0, 0.05) is 5.38 Å². The van der Waals surface area contributed by atoms with Crippen LogP contribution in [-0.4, -0.2) is 18.7 Å². The predicted octanol–water partition coefficient (Wildman–Crippen LogP) is 0.924. The Balaban J connectivity index is 2.67. The molecule has 0 aromatic carbocycles. The maximum atomic E-state index is 11.2. The summed E-state index contributed by atoms with van der Waals surface area (Å²) in [4.78, 5) is 22.1. The van der Waals surface area contributed by atoms with Gasteiger partial charge in [0.1, 0.15) is 0 Å². The molecule has 1 N–H and O–H groups in total. The van der Waals surface area contributed by atoms with Gasteiger partial charge in [0.2, 0.25) is 0 Å². The smallest absolute Gasteiger partial charge is 0.252 e. The predicted molar refractivity (Wildman–Crippen MR) is 50.9 cm³/mol. The van der Waals surface area contributed by atoms with Crippen molar-refractivity contribution in [1.82, 2.24) is 5.32 Å². The normalized spacial score (nSPS) is 8.85. The fourth-order valence-electron chi connectivity index (χ4n) is 0.767. The molecule has 0 spiro atoms. The van der Waals surface area contributed by atoms with Gasteiger partial charge in [0.25, 0.3) is 5.91 Å². The molecule has 0 saturated heterocycles. The van der Waals surface area contributed by atoms with Gasteiger partial charge in [-0.05, 0) is 6.07 Å². The molecule has 1 amide bonds. The number of hydrogen-bond donors (Lipinski definition) is 1. The van der Waals surface area contributed by atoms with E-state index in [0.717, 1.165) is 0 Å². The molecular formula is C9H7NO2S. The van der Waals surface area contributed by atoms with Crippen LogP contribution in [0.3, 0.4) is 0 Å². The number of carbonyl (C=O) groups excluding carboxylic acids is 2. The minimum absolute atomic E-state index is 0.200. The minimum atomic E-state index is -0.248. The second-order valence-electron chi connectivity index (χ2n) is 2.24. The van der Waals surface area contributed by atoms with Crippen molar-refractivity contribution in [2.45, 2.75) is 0 Å². The molecule has 1 rings (SSSR count). The third-order valence-corrected chi connectivity index (χ3v) is 2.21. The van der Waals surface area contributed by atoms with Gasteiger partial charge in [-0.3, -0.25) is 9.59 Å². The first-order valence-electron chi connectivity index (χ1n) is 3.53. The molecule has 1 heterocycles. The van der Waals surface area contributed by atoms with Gasteiger partial charge < -0.3 is 5.32 Å². The Bertz CT molecular complexity index is 362. The Kier molecular flexibility index (Phi) is 3.23. The molecule has 0 atom stereocenters. The van der Waals surface area contributed by atoms with Crippen molar-refractivity contribution in [1.29, 1.82) is 0 Å². The van der Waals surface area contributed by atoms with Crippen molar-refractivity contribution >= 4 is 23.5 Å². The fraction of sp³-hybridized carbons (Fsp3) is 0.111. The maximum Gasteiger partial charge on any atom is 0.252 e. The lowest BCUT2D eigenvalue weighted by atomic mass is 10.3. The summed E-state index contributed by atoms with van der Waals surface area (Å²) in [5, 5.41) is 4.12. The van der Waals surface area contributed by atoms with Crippen LogP contribution in [0.5, 0.6) is 0 Å². The third kappa shape index (κ3) is 2.42. The SMILES string of the molecule is C#CCNC(=O)c1csc(C=O)c1. The zero-order valence-electron chi connectivity index (χ0n) is 6.74. The fourth-order valence-corrected chi connectivity index (χ4v) is 1.46. The van der Waals surface area contributed by atoms with E-state index in [0.29, 0.717) is 16.7 Å². The molecule has 66 valence electrons. The van der Waals surface area contributed by atoms with E-state index in [1.807, 2.05) is 0 Å². The Hall–Kier alpha value is -1.60. The number of nitrogens with one attached hydrogen (secondary N) is 1. The molecular weight excluding hydrogens is 186 g/mol. The summed E-state index contributed by atoms with van der Waals surface area (Å²) in [7, 11) is 0. The van der Waals surface area contributed by atoms with Crippen LogP contribution in [0.25, 0.3) is 0 Å². The molecule has 0 aliphatic heterocycles. The van der Waals surface area contributed by atoms with Crippen molar-refractivity contribution < 1.29 is 9.59 Å². The van der Waals surface area contributed by atoms with Crippen molar-refractivity contribution in [2.75, 3.05) is 6.54 Å². The highest BCUT2D eigenvalue weighted by molar-refractivity contribution is 7.12. The van der Waals surface area contributed by atoms with Gasteiger partial charge in [-0.1, -0.05) is 5.92 Å². The topological polar surface area (TPSA) is 46.2 Å². The van der Waals surface area contributed by atoms with Crippen LogP contribution < -0.4 is 5.32 Å². The van der Waals surface area contributed by atoms with Gasteiger partial charge >= 0.3 is 0 Å². The van der Waals surface area contributed by atoms with Gasteiger partial charge in [0.15, 0.2) is 6.29 Å². The molecule has 1 aromatic heterocycles. The molecule has 0 unspecified atom stereocenters. The zero-order chi connectivity index (χ0) is 9.68. The number of amides is 1. The van der Waals surface area contributed by atoms with E-state index in [2.05, 4.69) is 11.2 Å². The van der Waals surface area contributed by atoms with Crippen LogP contribution in [0.1, 0.15) is 20.0 Å². The van der Waals surface area contributed by atoms with Crippen LogP contribution in [0.15, 0.2) is 11.4 Å². The van der Waals surface area contributed by atoms with Crippen molar-refractivity contribution in [3.63, 3.8) is 0 Å². The summed E-state index contributed by atoms with van der Waals surface area (Å²) >= 11 is 1.23. The Morgan fingerprint density at radius 2 is 2.54 bits per heavy atom. The van der Waals surface area contributed by atoms with E-state index in [4.69, 9.17) is 6.42 Å². The molecule has 0 bridgehead atoms. The third-order valence-electron chi connectivity index (χ3n) is 1.35. The number of terminal acetylenes is 1. The van der Waals surface area contributed by atoms with Gasteiger partial charge in [-0.25, -0.2) is 0 Å². The van der Waals surface area contributed by atoms with E-state index in [1.165, 1.54) is 17.4 Å². The monoisotopic (exact) mass is 193 g/mol. The highest BCUT2D eigenvalue weighted by Crippen LogP contribution is 2.11. The molecule has 0 radical (unpaired) electrons. The number of aldehydes is 1. The van der Waals surface area contributed by atoms with Crippen molar-refractivity contribution in [3.8, 4) is 12.3 Å². The first-order valence-corrected chi connectivity index (χ1v) is 4.41. The highest BCUT2D eigenvalue weighted by atomic mass is 32.1. The molecule has 0 fully saturated rings. The minimum Gasteiger partial charge on any atom is -0.341 e. The zero-order valence-corrected chi connectivity index (χ0v) is 7.56. The van der Waals surface area contributed by atoms with Crippen LogP contribution >= 0.6 is 11.3 Å². The van der Waals surface area contributed by atoms with E-state index >= 15 is 0 Å². The van der Waals surface area contributed by atoms with Gasteiger partial charge in [-0.15, -0.1) is 17.8 Å². The van der Waals surface area contributed by atoms with E-state index < -0.39 is 0 Å². The highest BCUT2D eigenvalue weighted by Gasteiger charge is 2.06. The van der Waals surface area contributed by atoms with Crippen molar-refractivity contribution in [3.05, 3.63) is 21.9 Å². The molecule has 3 nitrogen and oxygen atoms in total. The van der Waals surface area contributed by atoms with Crippen molar-refractivity contribution in [2.24, 2.45) is 0 Å². The second-order valence-corrected chi connectivity index (χ2v) is 3.19. The first-order chi connectivity index (χ1) is 6.27. The molecule has 0 aliphatic carbocycles. The Labute approximate surface area is 79.8 Å². The lowest BCUT2D eigenvalue weighted by Crippen LogP contribution is -2.22. The number of thiophene rings is 1. The van der Waals surface area contributed by atoms with Crippen LogP contribution in [-0.2, 0) is 0 Å². The summed E-state index contributed by atoms with van der Waals surface area (Å²) in [5.41, 5.74) is 0.474. The summed E-state index contributed by atoms with van der Waals surface area (Å²) < 4.78 is 0. The molecule has 13 heavy (non-hydrogen) atoms. The first kappa shape index (κ1) is 9.49. The maximum absolute atomic E-state index is 11.2. The average molecular weight is 193 g/mol. The molecule has 0 aliphatic rings. The van der Waals surface area contributed by atoms with Crippen LogP contribution in [0.4, 0.5) is 0 Å². The molecule has 4 heteroatoms. The summed E-state index contributed by atoms with van der Waals surface area (Å²) in [6, 6.07) is 1.53. The van der Waals surface area contributed by atoms with E-state index in [-0.39, 0.29) is 12.5 Å². The van der Waals surface area contributed by atoms with Gasteiger partial charge in [-0.2, -0.15) is 0 Å². The molecule has 1 aromatic rings. The van der Waals surface area contributed by atoms with Crippen LogP contribution in [0, 0.1) is 12.3 Å². The van der Waals surface area contributed by atoms with Gasteiger partial charge in [0.05, 0.1) is 17.0 Å².